The van der Waals surface area contributed by atoms with Gasteiger partial charge in [0.1, 0.15) is 0 Å². The summed E-state index contributed by atoms with van der Waals surface area (Å²) >= 11 is 0. The molecule has 1 aromatic rings. The van der Waals surface area contributed by atoms with Crippen LogP contribution >= 0.6 is 0 Å². The molecule has 0 amide bonds. The lowest BCUT2D eigenvalue weighted by Crippen LogP contribution is -1.99. The number of hydrogen-bond acceptors (Lipinski definition) is 1. The second-order valence-electron chi connectivity index (χ2n) is 3.70. The highest BCUT2D eigenvalue weighted by atomic mass is 14.6. The minimum absolute atomic E-state index is 0.635. The fraction of sp³-hybridized carbons (Fsp3) is 0.417. The van der Waals surface area contributed by atoms with Gasteiger partial charge in [0.15, 0.2) is 0 Å². The van der Waals surface area contributed by atoms with E-state index >= 15 is 0 Å². The summed E-state index contributed by atoms with van der Waals surface area (Å²) in [7, 11) is 0. The second-order valence-corrected chi connectivity index (χ2v) is 3.70. The molecule has 0 spiro atoms. The summed E-state index contributed by atoms with van der Waals surface area (Å²) in [4.78, 5) is 4.21. The van der Waals surface area contributed by atoms with E-state index in [1.807, 2.05) is 6.20 Å². The molecular formula is C12H15N. The van der Waals surface area contributed by atoms with Crippen LogP contribution in [0.1, 0.15) is 36.4 Å². The molecule has 0 saturated heterocycles. The molecule has 68 valence electrons. The first-order valence-electron chi connectivity index (χ1n) is 4.95. The van der Waals surface area contributed by atoms with Gasteiger partial charge in [-0.1, -0.05) is 12.2 Å². The molecule has 1 aliphatic rings. The van der Waals surface area contributed by atoms with E-state index in [1.54, 1.807) is 0 Å². The van der Waals surface area contributed by atoms with Crippen molar-refractivity contribution in [2.45, 2.75) is 32.1 Å². The van der Waals surface area contributed by atoms with E-state index < -0.39 is 0 Å². The third-order valence-electron chi connectivity index (χ3n) is 2.60. The molecule has 1 heterocycles. The van der Waals surface area contributed by atoms with Gasteiger partial charge in [-0.05, 0) is 43.9 Å². The van der Waals surface area contributed by atoms with E-state index in [0.717, 1.165) is 5.69 Å². The van der Waals surface area contributed by atoms with Crippen LogP contribution < -0.4 is 0 Å². The maximum absolute atomic E-state index is 4.21. The quantitative estimate of drug-likeness (QED) is 0.594. The lowest BCUT2D eigenvalue weighted by atomic mass is 9.90. The zero-order valence-electron chi connectivity index (χ0n) is 8.03. The lowest BCUT2D eigenvalue weighted by molar-refractivity contribution is 0.653. The fourth-order valence-electron chi connectivity index (χ4n) is 1.89. The van der Waals surface area contributed by atoms with Gasteiger partial charge in [0.2, 0.25) is 0 Å². The number of allylic oxidation sites excluding steroid dienone is 2. The van der Waals surface area contributed by atoms with Crippen LogP contribution in [0, 0.1) is 6.92 Å². The normalized spacial score (nSPS) is 21.8. The van der Waals surface area contributed by atoms with Gasteiger partial charge in [-0.2, -0.15) is 0 Å². The van der Waals surface area contributed by atoms with Gasteiger partial charge in [-0.15, -0.1) is 0 Å². The Bertz CT molecular complexity index is 315. The number of hydrogen-bond donors (Lipinski definition) is 0. The average molecular weight is 173 g/mol. The third kappa shape index (κ3) is 1.97. The molecule has 1 aliphatic carbocycles. The minimum Gasteiger partial charge on any atom is -0.262 e. The Labute approximate surface area is 79.5 Å². The average Bonchev–Trinajstić information content (AvgIpc) is 2.19. The van der Waals surface area contributed by atoms with Crippen molar-refractivity contribution in [2.75, 3.05) is 0 Å². The summed E-state index contributed by atoms with van der Waals surface area (Å²) in [6.45, 7) is 2.05. The molecule has 2 rings (SSSR count). The molecule has 0 aliphatic heterocycles. The molecule has 13 heavy (non-hydrogen) atoms. The highest BCUT2D eigenvalue weighted by molar-refractivity contribution is 5.25. The van der Waals surface area contributed by atoms with E-state index in [9.17, 15) is 0 Å². The SMILES string of the molecule is Cc1cc([C@@H]2C=CCCC2)ccn1. The van der Waals surface area contributed by atoms with Crippen LogP contribution in [0.3, 0.4) is 0 Å². The number of rotatable bonds is 1. The van der Waals surface area contributed by atoms with Gasteiger partial charge in [0, 0.05) is 17.8 Å². The first-order valence-corrected chi connectivity index (χ1v) is 4.95. The van der Waals surface area contributed by atoms with Gasteiger partial charge in [-0.3, -0.25) is 4.98 Å². The van der Waals surface area contributed by atoms with Crippen molar-refractivity contribution in [2.24, 2.45) is 0 Å². The van der Waals surface area contributed by atoms with Crippen LogP contribution in [-0.2, 0) is 0 Å². The van der Waals surface area contributed by atoms with Gasteiger partial charge in [0.25, 0.3) is 0 Å². The van der Waals surface area contributed by atoms with Crippen molar-refractivity contribution >= 4 is 0 Å². The van der Waals surface area contributed by atoms with Crippen molar-refractivity contribution < 1.29 is 0 Å². The van der Waals surface area contributed by atoms with Gasteiger partial charge < -0.3 is 0 Å². The molecule has 0 radical (unpaired) electrons. The molecule has 1 atom stereocenters. The first-order chi connectivity index (χ1) is 6.36. The Hall–Kier alpha value is -1.11. The van der Waals surface area contributed by atoms with Crippen molar-refractivity contribution in [3.05, 3.63) is 41.7 Å². The molecule has 0 bridgehead atoms. The van der Waals surface area contributed by atoms with Crippen LogP contribution in [-0.4, -0.2) is 4.98 Å². The molecule has 1 aromatic heterocycles. The minimum atomic E-state index is 0.635. The predicted octanol–water partition coefficient (Wildman–Crippen LogP) is 3.21. The molecule has 0 fully saturated rings. The summed E-state index contributed by atoms with van der Waals surface area (Å²) < 4.78 is 0. The molecule has 0 N–H and O–H groups in total. The molecule has 0 aromatic carbocycles. The summed E-state index contributed by atoms with van der Waals surface area (Å²) in [6, 6.07) is 4.33. The molecule has 0 unspecified atom stereocenters. The van der Waals surface area contributed by atoms with E-state index in [1.165, 1.54) is 24.8 Å². The Balaban J connectivity index is 2.24. The summed E-state index contributed by atoms with van der Waals surface area (Å²) in [5, 5.41) is 0. The van der Waals surface area contributed by atoms with Crippen LogP contribution in [0.4, 0.5) is 0 Å². The summed E-state index contributed by atoms with van der Waals surface area (Å²) in [6.07, 6.45) is 10.4. The number of pyridine rings is 1. The third-order valence-corrected chi connectivity index (χ3v) is 2.60. The van der Waals surface area contributed by atoms with Gasteiger partial charge in [-0.25, -0.2) is 0 Å². The van der Waals surface area contributed by atoms with Crippen molar-refractivity contribution in [3.8, 4) is 0 Å². The topological polar surface area (TPSA) is 12.9 Å². The van der Waals surface area contributed by atoms with E-state index in [0.29, 0.717) is 5.92 Å². The Morgan fingerprint density at radius 1 is 1.46 bits per heavy atom. The molecule has 0 saturated carbocycles. The Morgan fingerprint density at radius 3 is 3.08 bits per heavy atom. The fourth-order valence-corrected chi connectivity index (χ4v) is 1.89. The maximum Gasteiger partial charge on any atom is 0.0375 e. The zero-order valence-corrected chi connectivity index (χ0v) is 8.03. The highest BCUT2D eigenvalue weighted by Crippen LogP contribution is 2.27. The van der Waals surface area contributed by atoms with Crippen molar-refractivity contribution in [1.82, 2.24) is 4.98 Å². The lowest BCUT2D eigenvalue weighted by Gasteiger charge is -2.16. The molecule has 1 nitrogen and oxygen atoms in total. The Kier molecular flexibility index (Phi) is 2.44. The smallest absolute Gasteiger partial charge is 0.0375 e. The van der Waals surface area contributed by atoms with E-state index in [-0.39, 0.29) is 0 Å². The summed E-state index contributed by atoms with van der Waals surface area (Å²) in [5.41, 5.74) is 2.54. The largest absolute Gasteiger partial charge is 0.262 e. The number of nitrogens with zero attached hydrogens (tertiary/aromatic N) is 1. The van der Waals surface area contributed by atoms with Gasteiger partial charge in [0.05, 0.1) is 0 Å². The number of aryl methyl sites for hydroxylation is 1. The van der Waals surface area contributed by atoms with Crippen molar-refractivity contribution in [1.29, 1.82) is 0 Å². The predicted molar refractivity (Wildman–Crippen MR) is 54.7 cm³/mol. The van der Waals surface area contributed by atoms with Crippen LogP contribution in [0.5, 0.6) is 0 Å². The summed E-state index contributed by atoms with van der Waals surface area (Å²) in [5.74, 6) is 0.635. The highest BCUT2D eigenvalue weighted by Gasteiger charge is 2.10. The second kappa shape index (κ2) is 3.73. The zero-order chi connectivity index (χ0) is 9.10. The monoisotopic (exact) mass is 173 g/mol. The first kappa shape index (κ1) is 8.49. The standard InChI is InChI=1S/C12H15N/c1-10-9-12(7-8-13-10)11-5-3-2-4-6-11/h3,5,7-9,11H,2,4,6H2,1H3/t11-/m1/s1. The van der Waals surface area contributed by atoms with Crippen LogP contribution in [0.2, 0.25) is 0 Å². The molecule has 1 heteroatoms. The Morgan fingerprint density at radius 2 is 2.38 bits per heavy atom. The number of aromatic nitrogens is 1. The van der Waals surface area contributed by atoms with Crippen molar-refractivity contribution in [3.63, 3.8) is 0 Å². The molecular weight excluding hydrogens is 158 g/mol. The van der Waals surface area contributed by atoms with Crippen LogP contribution in [0.25, 0.3) is 0 Å². The maximum atomic E-state index is 4.21. The van der Waals surface area contributed by atoms with Gasteiger partial charge >= 0.3 is 0 Å². The van der Waals surface area contributed by atoms with Crippen LogP contribution in [0.15, 0.2) is 30.5 Å². The van der Waals surface area contributed by atoms with E-state index in [2.05, 4.69) is 36.2 Å². The van der Waals surface area contributed by atoms with E-state index in [4.69, 9.17) is 0 Å².